The molecule has 1 aromatic carbocycles. The number of benzene rings is 1. The van der Waals surface area contributed by atoms with Crippen LogP contribution >= 0.6 is 12.4 Å². The first-order valence-corrected chi connectivity index (χ1v) is 9.15. The van der Waals surface area contributed by atoms with Gasteiger partial charge in [0.2, 0.25) is 0 Å². The fraction of sp³-hybridized carbons (Fsp3) is 0.650. The summed E-state index contributed by atoms with van der Waals surface area (Å²) in [6.45, 7) is 3.32. The Morgan fingerprint density at radius 2 is 1.78 bits per heavy atom. The van der Waals surface area contributed by atoms with Gasteiger partial charge in [0, 0.05) is 18.0 Å². The van der Waals surface area contributed by atoms with Gasteiger partial charge in [-0.25, -0.2) is 0 Å². The molecule has 1 aliphatic rings. The normalized spacial score (nSPS) is 17.0. The van der Waals surface area contributed by atoms with E-state index >= 15 is 0 Å². The number of hydrogen-bond acceptors (Lipinski definition) is 2. The molecular formula is C20H32ClNO. The lowest BCUT2D eigenvalue weighted by atomic mass is 9.99. The third-order valence-corrected chi connectivity index (χ3v) is 4.69. The third kappa shape index (κ3) is 7.50. The average molecular weight is 338 g/mol. The van der Waals surface area contributed by atoms with Crippen molar-refractivity contribution in [1.29, 1.82) is 0 Å². The lowest BCUT2D eigenvalue weighted by molar-refractivity contribution is 0.0971. The summed E-state index contributed by atoms with van der Waals surface area (Å²) in [5, 5.41) is 3.40. The van der Waals surface area contributed by atoms with Gasteiger partial charge in [-0.1, -0.05) is 63.3 Å². The summed E-state index contributed by atoms with van der Waals surface area (Å²) in [4.78, 5) is 12.2. The van der Waals surface area contributed by atoms with Crippen LogP contribution in [-0.2, 0) is 6.42 Å². The minimum atomic E-state index is 0. The number of Topliss-reactive ketones (excluding diaryl/α,β-unsaturated/α-hetero) is 1. The first-order valence-electron chi connectivity index (χ1n) is 9.15. The van der Waals surface area contributed by atoms with E-state index in [1.807, 2.05) is 12.1 Å². The van der Waals surface area contributed by atoms with Crippen LogP contribution in [0.15, 0.2) is 24.3 Å². The number of carbonyl (C=O) groups excluding carboxylic acids is 1. The first kappa shape index (κ1) is 20.2. The number of hydrogen-bond donors (Lipinski definition) is 1. The third-order valence-electron chi connectivity index (χ3n) is 4.69. The van der Waals surface area contributed by atoms with Crippen LogP contribution in [0.1, 0.15) is 80.6 Å². The fourth-order valence-electron chi connectivity index (χ4n) is 3.24. The minimum absolute atomic E-state index is 0. The van der Waals surface area contributed by atoms with E-state index in [4.69, 9.17) is 0 Å². The van der Waals surface area contributed by atoms with Crippen molar-refractivity contribution in [2.24, 2.45) is 0 Å². The average Bonchev–Trinajstić information content (AvgIpc) is 3.04. The number of aryl methyl sites for hydroxylation is 1. The smallest absolute Gasteiger partial charge is 0.164 e. The molecule has 1 fully saturated rings. The number of carbonyl (C=O) groups is 1. The van der Waals surface area contributed by atoms with Gasteiger partial charge in [-0.05, 0) is 37.8 Å². The van der Waals surface area contributed by atoms with Crippen molar-refractivity contribution in [2.75, 3.05) is 6.54 Å². The van der Waals surface area contributed by atoms with E-state index in [0.29, 0.717) is 12.5 Å². The molecule has 130 valence electrons. The maximum absolute atomic E-state index is 12.2. The Hall–Kier alpha value is -0.860. The molecule has 0 bridgehead atoms. The molecule has 0 spiro atoms. The molecule has 1 N–H and O–H groups in total. The maximum atomic E-state index is 12.2. The summed E-state index contributed by atoms with van der Waals surface area (Å²) in [5.74, 6) is 0.283. The summed E-state index contributed by atoms with van der Waals surface area (Å²) >= 11 is 0. The second-order valence-electron chi connectivity index (χ2n) is 6.64. The van der Waals surface area contributed by atoms with Gasteiger partial charge in [-0.3, -0.25) is 4.79 Å². The van der Waals surface area contributed by atoms with Crippen LogP contribution in [0.3, 0.4) is 0 Å². The van der Waals surface area contributed by atoms with Crippen LogP contribution in [0.25, 0.3) is 0 Å². The summed E-state index contributed by atoms with van der Waals surface area (Å²) in [5.41, 5.74) is 2.24. The fourth-order valence-corrected chi connectivity index (χ4v) is 3.24. The zero-order valence-electron chi connectivity index (χ0n) is 14.5. The van der Waals surface area contributed by atoms with Gasteiger partial charge in [-0.15, -0.1) is 12.4 Å². The maximum Gasteiger partial charge on any atom is 0.164 e. The number of halogens is 1. The topological polar surface area (TPSA) is 29.1 Å². The van der Waals surface area contributed by atoms with Crippen molar-refractivity contribution in [3.05, 3.63) is 35.4 Å². The Morgan fingerprint density at radius 3 is 2.43 bits per heavy atom. The predicted octanol–water partition coefficient (Wildman–Crippen LogP) is 5.34. The second kappa shape index (κ2) is 11.6. The summed E-state index contributed by atoms with van der Waals surface area (Å²) in [7, 11) is 0. The van der Waals surface area contributed by atoms with Gasteiger partial charge < -0.3 is 5.32 Å². The molecule has 23 heavy (non-hydrogen) atoms. The number of rotatable bonds is 10. The largest absolute Gasteiger partial charge is 0.314 e. The standard InChI is InChI=1S/C20H31NO.ClH/c1-2-3-4-5-6-7-9-17-11-13-18(14-12-17)20(22)16-19-10-8-15-21-19;/h11-14,19,21H,2-10,15-16H2,1H3;1H/t19-;/m0./s1. The van der Waals surface area contributed by atoms with Gasteiger partial charge in [0.15, 0.2) is 5.78 Å². The van der Waals surface area contributed by atoms with Crippen molar-refractivity contribution in [3.8, 4) is 0 Å². The van der Waals surface area contributed by atoms with Crippen LogP contribution in [0, 0.1) is 0 Å². The number of nitrogens with one attached hydrogen (secondary N) is 1. The molecule has 2 rings (SSSR count). The zero-order valence-corrected chi connectivity index (χ0v) is 15.3. The SMILES string of the molecule is CCCCCCCCc1ccc(C(=O)C[C@@H]2CCCN2)cc1.Cl. The van der Waals surface area contributed by atoms with Crippen molar-refractivity contribution in [3.63, 3.8) is 0 Å². The zero-order chi connectivity index (χ0) is 15.6. The highest BCUT2D eigenvalue weighted by Crippen LogP contribution is 2.15. The predicted molar refractivity (Wildman–Crippen MR) is 101 cm³/mol. The van der Waals surface area contributed by atoms with Gasteiger partial charge in [-0.2, -0.15) is 0 Å². The highest BCUT2D eigenvalue weighted by atomic mass is 35.5. The first-order chi connectivity index (χ1) is 10.8. The van der Waals surface area contributed by atoms with E-state index in [2.05, 4.69) is 24.4 Å². The van der Waals surface area contributed by atoms with Crippen LogP contribution in [0.4, 0.5) is 0 Å². The van der Waals surface area contributed by atoms with E-state index < -0.39 is 0 Å². The van der Waals surface area contributed by atoms with Crippen LogP contribution in [-0.4, -0.2) is 18.4 Å². The Balaban J connectivity index is 0.00000264. The van der Waals surface area contributed by atoms with Crippen molar-refractivity contribution in [2.45, 2.75) is 77.2 Å². The molecule has 1 saturated heterocycles. The Kier molecular flexibility index (Phi) is 10.2. The van der Waals surface area contributed by atoms with Crippen LogP contribution in [0.2, 0.25) is 0 Å². The molecule has 0 amide bonds. The van der Waals surface area contributed by atoms with E-state index in [1.54, 1.807) is 0 Å². The summed E-state index contributed by atoms with van der Waals surface area (Å²) in [6, 6.07) is 8.71. The van der Waals surface area contributed by atoms with Crippen molar-refractivity contribution in [1.82, 2.24) is 5.32 Å². The number of ketones is 1. The summed E-state index contributed by atoms with van der Waals surface area (Å²) < 4.78 is 0. The number of unbranched alkanes of at least 4 members (excludes halogenated alkanes) is 5. The van der Waals surface area contributed by atoms with Gasteiger partial charge in [0.25, 0.3) is 0 Å². The van der Waals surface area contributed by atoms with E-state index in [1.165, 1.54) is 50.5 Å². The van der Waals surface area contributed by atoms with E-state index in [-0.39, 0.29) is 18.2 Å². The quantitative estimate of drug-likeness (QED) is 0.461. The highest BCUT2D eigenvalue weighted by Gasteiger charge is 2.18. The van der Waals surface area contributed by atoms with E-state index in [0.717, 1.165) is 24.9 Å². The monoisotopic (exact) mass is 337 g/mol. The molecule has 1 atom stereocenters. The van der Waals surface area contributed by atoms with Crippen molar-refractivity contribution < 1.29 is 4.79 Å². The molecular weight excluding hydrogens is 306 g/mol. The summed E-state index contributed by atoms with van der Waals surface area (Å²) in [6.07, 6.45) is 12.1. The van der Waals surface area contributed by atoms with Gasteiger partial charge in [0.1, 0.15) is 0 Å². The molecule has 0 unspecified atom stereocenters. The molecule has 2 nitrogen and oxygen atoms in total. The molecule has 1 heterocycles. The molecule has 1 aliphatic heterocycles. The Labute approximate surface area is 147 Å². The lowest BCUT2D eigenvalue weighted by Gasteiger charge is -2.09. The molecule has 1 aromatic rings. The molecule has 0 saturated carbocycles. The van der Waals surface area contributed by atoms with Gasteiger partial charge in [0.05, 0.1) is 0 Å². The van der Waals surface area contributed by atoms with Crippen LogP contribution < -0.4 is 5.32 Å². The molecule has 0 aromatic heterocycles. The highest BCUT2D eigenvalue weighted by molar-refractivity contribution is 5.96. The molecule has 0 aliphatic carbocycles. The van der Waals surface area contributed by atoms with Gasteiger partial charge >= 0.3 is 0 Å². The second-order valence-corrected chi connectivity index (χ2v) is 6.64. The molecule has 0 radical (unpaired) electrons. The Morgan fingerprint density at radius 1 is 1.09 bits per heavy atom. The lowest BCUT2D eigenvalue weighted by Crippen LogP contribution is -2.24. The Bertz CT molecular complexity index is 437. The van der Waals surface area contributed by atoms with Crippen LogP contribution in [0.5, 0.6) is 0 Å². The van der Waals surface area contributed by atoms with E-state index in [9.17, 15) is 4.79 Å². The minimum Gasteiger partial charge on any atom is -0.314 e. The van der Waals surface area contributed by atoms with Crippen molar-refractivity contribution >= 4 is 18.2 Å². The molecule has 3 heteroatoms.